The standard InChI is InChI=1S/C24H35FN6O/c1-17(2)20-15-28-31-23(27-14-18-9-6-7-11-21(18)25)13-22(30-24(20)31)29-19(16-32)10-5-3-4-8-12-26/h6-7,9,11,13,15,17,19,27,32H,3-5,8,10,12,14,16,26H2,1-2H3,(H,29,30). The van der Waals surface area contributed by atoms with E-state index in [9.17, 15) is 9.50 Å². The number of aliphatic hydroxyl groups excluding tert-OH is 1. The number of halogens is 1. The molecule has 3 aromatic rings. The van der Waals surface area contributed by atoms with Gasteiger partial charge in [0.2, 0.25) is 0 Å². The van der Waals surface area contributed by atoms with Crippen LogP contribution in [-0.4, -0.2) is 38.9 Å². The zero-order chi connectivity index (χ0) is 22.9. The number of fused-ring (bicyclic) bond motifs is 1. The average molecular weight is 443 g/mol. The highest BCUT2D eigenvalue weighted by molar-refractivity contribution is 5.61. The fraction of sp³-hybridized carbons (Fsp3) is 0.500. The second kappa shape index (κ2) is 11.8. The monoisotopic (exact) mass is 442 g/mol. The minimum Gasteiger partial charge on any atom is -0.394 e. The van der Waals surface area contributed by atoms with E-state index < -0.39 is 0 Å². The maximum atomic E-state index is 14.1. The zero-order valence-corrected chi connectivity index (χ0v) is 19.0. The van der Waals surface area contributed by atoms with E-state index in [1.807, 2.05) is 18.3 Å². The lowest BCUT2D eigenvalue weighted by atomic mass is 10.1. The van der Waals surface area contributed by atoms with Gasteiger partial charge in [0.15, 0.2) is 5.65 Å². The van der Waals surface area contributed by atoms with Crippen LogP contribution in [0.1, 0.15) is 63.0 Å². The van der Waals surface area contributed by atoms with E-state index in [0.29, 0.717) is 23.7 Å². The summed E-state index contributed by atoms with van der Waals surface area (Å²) in [6, 6.07) is 8.48. The third-order valence-electron chi connectivity index (χ3n) is 5.62. The molecule has 0 saturated heterocycles. The van der Waals surface area contributed by atoms with E-state index in [1.54, 1.807) is 16.6 Å². The Hall–Kier alpha value is -2.71. The van der Waals surface area contributed by atoms with Crippen LogP contribution < -0.4 is 16.4 Å². The van der Waals surface area contributed by atoms with Crippen LogP contribution in [0.5, 0.6) is 0 Å². The first-order valence-electron chi connectivity index (χ1n) is 11.5. The molecule has 0 saturated carbocycles. The molecule has 3 rings (SSSR count). The van der Waals surface area contributed by atoms with Gasteiger partial charge in [-0.3, -0.25) is 0 Å². The van der Waals surface area contributed by atoms with Gasteiger partial charge in [-0.1, -0.05) is 51.3 Å². The van der Waals surface area contributed by atoms with Crippen LogP contribution in [0.3, 0.4) is 0 Å². The third-order valence-corrected chi connectivity index (χ3v) is 5.62. The molecule has 0 amide bonds. The van der Waals surface area contributed by atoms with Gasteiger partial charge >= 0.3 is 0 Å². The van der Waals surface area contributed by atoms with Crippen LogP contribution in [0.4, 0.5) is 16.0 Å². The molecule has 1 aromatic carbocycles. The molecular weight excluding hydrogens is 407 g/mol. The van der Waals surface area contributed by atoms with Gasteiger partial charge in [-0.2, -0.15) is 9.61 Å². The number of benzene rings is 1. The lowest BCUT2D eigenvalue weighted by Gasteiger charge is -2.18. The fourth-order valence-corrected chi connectivity index (χ4v) is 3.72. The van der Waals surface area contributed by atoms with E-state index in [1.165, 1.54) is 6.07 Å². The summed E-state index contributed by atoms with van der Waals surface area (Å²) in [4.78, 5) is 4.78. The van der Waals surface area contributed by atoms with Gasteiger partial charge in [0.05, 0.1) is 18.8 Å². The van der Waals surface area contributed by atoms with Crippen molar-refractivity contribution in [2.45, 2.75) is 64.5 Å². The van der Waals surface area contributed by atoms with Crippen molar-refractivity contribution < 1.29 is 9.50 Å². The highest BCUT2D eigenvalue weighted by Gasteiger charge is 2.16. The number of nitrogens with one attached hydrogen (secondary N) is 2. The first kappa shape index (κ1) is 23.9. The van der Waals surface area contributed by atoms with E-state index in [4.69, 9.17) is 10.7 Å². The lowest BCUT2D eigenvalue weighted by molar-refractivity contribution is 0.266. The average Bonchev–Trinajstić information content (AvgIpc) is 3.22. The molecule has 0 aliphatic carbocycles. The van der Waals surface area contributed by atoms with E-state index in [-0.39, 0.29) is 24.4 Å². The third kappa shape index (κ3) is 6.17. The molecule has 0 aliphatic heterocycles. The van der Waals surface area contributed by atoms with Crippen LogP contribution in [0.15, 0.2) is 36.5 Å². The number of hydrogen-bond donors (Lipinski definition) is 4. The Balaban J connectivity index is 1.80. The quantitative estimate of drug-likeness (QED) is 0.295. The predicted molar refractivity (Wildman–Crippen MR) is 127 cm³/mol. The number of nitrogens with zero attached hydrogens (tertiary/aromatic N) is 3. The molecule has 0 radical (unpaired) electrons. The molecule has 0 aliphatic rings. The molecular formula is C24H35FN6O. The number of anilines is 2. The van der Waals surface area contributed by atoms with Gasteiger partial charge in [-0.15, -0.1) is 0 Å². The Morgan fingerprint density at radius 2 is 1.94 bits per heavy atom. The summed E-state index contributed by atoms with van der Waals surface area (Å²) in [5.74, 6) is 1.39. The first-order chi connectivity index (χ1) is 15.5. The second-order valence-electron chi connectivity index (χ2n) is 8.48. The summed E-state index contributed by atoms with van der Waals surface area (Å²) in [6.45, 7) is 5.27. The van der Waals surface area contributed by atoms with E-state index in [0.717, 1.165) is 49.9 Å². The van der Waals surface area contributed by atoms with Crippen molar-refractivity contribution in [1.82, 2.24) is 14.6 Å². The molecule has 7 nitrogen and oxygen atoms in total. The van der Waals surface area contributed by atoms with Crippen molar-refractivity contribution in [3.63, 3.8) is 0 Å². The van der Waals surface area contributed by atoms with Crippen molar-refractivity contribution in [2.24, 2.45) is 5.73 Å². The van der Waals surface area contributed by atoms with E-state index >= 15 is 0 Å². The van der Waals surface area contributed by atoms with Crippen molar-refractivity contribution in [1.29, 1.82) is 0 Å². The number of nitrogens with two attached hydrogens (primary N) is 1. The minimum absolute atomic E-state index is 0.0258. The topological polar surface area (TPSA) is 100 Å². The van der Waals surface area contributed by atoms with Crippen molar-refractivity contribution in [3.05, 3.63) is 53.5 Å². The van der Waals surface area contributed by atoms with Gasteiger partial charge < -0.3 is 21.5 Å². The molecule has 2 aromatic heterocycles. The van der Waals surface area contributed by atoms with Crippen LogP contribution in [-0.2, 0) is 6.54 Å². The molecule has 32 heavy (non-hydrogen) atoms. The maximum Gasteiger partial charge on any atom is 0.163 e. The lowest BCUT2D eigenvalue weighted by Crippen LogP contribution is -2.24. The largest absolute Gasteiger partial charge is 0.394 e. The van der Waals surface area contributed by atoms with Gasteiger partial charge in [0.25, 0.3) is 0 Å². The van der Waals surface area contributed by atoms with Gasteiger partial charge in [-0.05, 0) is 31.4 Å². The number of aromatic nitrogens is 3. The Kier molecular flexibility index (Phi) is 8.81. The highest BCUT2D eigenvalue weighted by Crippen LogP contribution is 2.25. The molecule has 174 valence electrons. The van der Waals surface area contributed by atoms with Crippen molar-refractivity contribution in [3.8, 4) is 0 Å². The number of unbranched alkanes of at least 4 members (excludes halogenated alkanes) is 3. The minimum atomic E-state index is -0.248. The zero-order valence-electron chi connectivity index (χ0n) is 19.0. The van der Waals surface area contributed by atoms with Gasteiger partial charge in [-0.25, -0.2) is 9.37 Å². The van der Waals surface area contributed by atoms with Crippen LogP contribution >= 0.6 is 0 Å². The highest BCUT2D eigenvalue weighted by atomic mass is 19.1. The summed E-state index contributed by atoms with van der Waals surface area (Å²) < 4.78 is 15.8. The Labute approximate surface area is 189 Å². The molecule has 5 N–H and O–H groups in total. The van der Waals surface area contributed by atoms with Crippen molar-refractivity contribution in [2.75, 3.05) is 23.8 Å². The first-order valence-corrected chi connectivity index (χ1v) is 11.5. The number of rotatable bonds is 13. The summed E-state index contributed by atoms with van der Waals surface area (Å²) in [5.41, 5.74) is 7.92. The molecule has 2 heterocycles. The molecule has 0 bridgehead atoms. The van der Waals surface area contributed by atoms with Crippen LogP contribution in [0.25, 0.3) is 5.65 Å². The van der Waals surface area contributed by atoms with Crippen molar-refractivity contribution >= 4 is 17.3 Å². The molecule has 1 unspecified atom stereocenters. The number of hydrogen-bond acceptors (Lipinski definition) is 6. The SMILES string of the molecule is CC(C)c1cnn2c(NCc3ccccc3F)cc(NC(CO)CCCCCCN)nc12. The molecule has 8 heteroatoms. The molecule has 0 spiro atoms. The summed E-state index contributed by atoms with van der Waals surface area (Å²) in [7, 11) is 0. The second-order valence-corrected chi connectivity index (χ2v) is 8.48. The van der Waals surface area contributed by atoms with Gasteiger partial charge in [0.1, 0.15) is 17.5 Å². The van der Waals surface area contributed by atoms with E-state index in [2.05, 4.69) is 29.6 Å². The Bertz CT molecular complexity index is 990. The summed E-state index contributed by atoms with van der Waals surface area (Å²) >= 11 is 0. The fourth-order valence-electron chi connectivity index (χ4n) is 3.72. The number of aliphatic hydroxyl groups is 1. The van der Waals surface area contributed by atoms with Gasteiger partial charge in [0, 0.05) is 23.7 Å². The normalized spacial score (nSPS) is 12.4. The molecule has 1 atom stereocenters. The van der Waals surface area contributed by atoms with Crippen LogP contribution in [0.2, 0.25) is 0 Å². The summed E-state index contributed by atoms with van der Waals surface area (Å²) in [5, 5.41) is 21.1. The Morgan fingerprint density at radius 1 is 1.16 bits per heavy atom. The smallest absolute Gasteiger partial charge is 0.163 e. The molecule has 0 fully saturated rings. The maximum absolute atomic E-state index is 14.1. The summed E-state index contributed by atoms with van der Waals surface area (Å²) in [6.07, 6.45) is 6.93. The van der Waals surface area contributed by atoms with Crippen LogP contribution in [0, 0.1) is 5.82 Å². The predicted octanol–water partition coefficient (Wildman–Crippen LogP) is 4.29. The Morgan fingerprint density at radius 3 is 2.66 bits per heavy atom.